The molecular weight excluding hydrogens is 264 g/mol. The number of carbonyl (C=O) groups excluding carboxylic acids is 1. The maximum absolute atomic E-state index is 11.4. The monoisotopic (exact) mass is 278 g/mol. The second kappa shape index (κ2) is 6.27. The minimum absolute atomic E-state index is 0.0113. The molecule has 0 saturated carbocycles. The summed E-state index contributed by atoms with van der Waals surface area (Å²) in [5, 5.41) is 9.13. The van der Waals surface area contributed by atoms with Gasteiger partial charge in [-0.2, -0.15) is 10.3 Å². The van der Waals surface area contributed by atoms with Crippen molar-refractivity contribution in [2.24, 2.45) is 12.0 Å². The minimum atomic E-state index is -0.762. The van der Waals surface area contributed by atoms with Crippen molar-refractivity contribution in [1.29, 1.82) is 5.26 Å². The highest BCUT2D eigenvalue weighted by Crippen LogP contribution is 2.20. The first-order valence-electron chi connectivity index (χ1n) is 6.08. The third kappa shape index (κ3) is 3.01. The first-order valence-corrected chi connectivity index (χ1v) is 6.08. The summed E-state index contributed by atoms with van der Waals surface area (Å²) in [7, 11) is 1.65. The molecule has 2 heterocycles. The molecule has 8 nitrogen and oxygen atoms in total. The lowest BCUT2D eigenvalue weighted by molar-refractivity contribution is -0.0478. The molecule has 0 unspecified atom stereocenters. The van der Waals surface area contributed by atoms with Crippen molar-refractivity contribution in [1.82, 2.24) is 9.55 Å². The van der Waals surface area contributed by atoms with Gasteiger partial charge in [0.2, 0.25) is 6.29 Å². The number of amides is 1. The van der Waals surface area contributed by atoms with Crippen LogP contribution in [0, 0.1) is 11.3 Å². The Morgan fingerprint density at radius 1 is 1.65 bits per heavy atom. The molecule has 0 radical (unpaired) electrons. The first kappa shape index (κ1) is 14.2. The van der Waals surface area contributed by atoms with Gasteiger partial charge in [0.05, 0.1) is 19.8 Å². The minimum Gasteiger partial charge on any atom is -0.448 e. The van der Waals surface area contributed by atoms with E-state index in [-0.39, 0.29) is 17.8 Å². The van der Waals surface area contributed by atoms with Crippen molar-refractivity contribution in [2.45, 2.75) is 13.2 Å². The summed E-state index contributed by atoms with van der Waals surface area (Å²) in [6.07, 6.45) is 0.252. The number of nitriles is 1. The Balaban J connectivity index is 2.43. The largest absolute Gasteiger partial charge is 0.448 e. The molecule has 0 N–H and O–H groups in total. The second-order valence-corrected chi connectivity index (χ2v) is 3.94. The van der Waals surface area contributed by atoms with E-state index >= 15 is 0 Å². The zero-order chi connectivity index (χ0) is 14.5. The molecule has 1 aliphatic heterocycles. The number of hydrogen-bond acceptors (Lipinski definition) is 6. The van der Waals surface area contributed by atoms with Gasteiger partial charge in [0, 0.05) is 13.2 Å². The van der Waals surface area contributed by atoms with Crippen molar-refractivity contribution in [2.75, 3.05) is 19.8 Å². The normalized spacial score (nSPS) is 16.1. The van der Waals surface area contributed by atoms with E-state index in [9.17, 15) is 4.79 Å². The summed E-state index contributed by atoms with van der Waals surface area (Å²) in [6.45, 7) is 2.84. The predicted molar refractivity (Wildman–Crippen MR) is 65.2 cm³/mol. The molecule has 1 saturated heterocycles. The van der Waals surface area contributed by atoms with E-state index in [1.165, 1.54) is 4.57 Å². The third-order valence-electron chi connectivity index (χ3n) is 2.55. The molecule has 1 fully saturated rings. The third-order valence-corrected chi connectivity index (χ3v) is 2.55. The lowest BCUT2D eigenvalue weighted by Gasteiger charge is -2.10. The van der Waals surface area contributed by atoms with Crippen molar-refractivity contribution in [3.8, 4) is 6.07 Å². The Labute approximate surface area is 115 Å². The van der Waals surface area contributed by atoms with Gasteiger partial charge in [0.1, 0.15) is 11.8 Å². The zero-order valence-electron chi connectivity index (χ0n) is 11.2. The average molecular weight is 278 g/mol. The van der Waals surface area contributed by atoms with Crippen LogP contribution in [0.1, 0.15) is 24.6 Å². The van der Waals surface area contributed by atoms with Crippen LogP contribution in [-0.4, -0.2) is 35.5 Å². The molecule has 1 amide bonds. The van der Waals surface area contributed by atoms with Crippen LogP contribution >= 0.6 is 0 Å². The standard InChI is InChI=1S/C12H14N4O4/c1-3-18-12(17)15-10-8(6-13)14-9(7-16(10)2)11-19-4-5-20-11/h7,11H,3-5H2,1-2H3/b15-10+. The molecule has 8 heteroatoms. The highest BCUT2D eigenvalue weighted by atomic mass is 16.7. The topological polar surface area (TPSA) is 98.7 Å². The lowest BCUT2D eigenvalue weighted by Crippen LogP contribution is -2.26. The van der Waals surface area contributed by atoms with Crippen LogP contribution in [0.2, 0.25) is 0 Å². The van der Waals surface area contributed by atoms with E-state index < -0.39 is 12.4 Å². The van der Waals surface area contributed by atoms with Crippen LogP contribution in [0.3, 0.4) is 0 Å². The Hall–Kier alpha value is -2.24. The fourth-order valence-corrected chi connectivity index (χ4v) is 1.73. The van der Waals surface area contributed by atoms with E-state index in [1.54, 1.807) is 20.2 Å². The number of ether oxygens (including phenoxy) is 3. The zero-order valence-corrected chi connectivity index (χ0v) is 11.2. The summed E-state index contributed by atoms with van der Waals surface area (Å²) in [6, 6.07) is 1.90. The maximum Gasteiger partial charge on any atom is 0.435 e. The molecule has 106 valence electrons. The smallest absolute Gasteiger partial charge is 0.435 e. The number of carbonyl (C=O) groups is 1. The van der Waals surface area contributed by atoms with Crippen molar-refractivity contribution in [3.63, 3.8) is 0 Å². The summed E-state index contributed by atoms with van der Waals surface area (Å²) < 4.78 is 16.9. The fraction of sp³-hybridized carbons (Fsp3) is 0.500. The predicted octanol–water partition coefficient (Wildman–Crippen LogP) is 0.394. The molecule has 1 aromatic heterocycles. The summed E-state index contributed by atoms with van der Waals surface area (Å²) in [4.78, 5) is 19.2. The Kier molecular flexibility index (Phi) is 4.45. The molecule has 20 heavy (non-hydrogen) atoms. The number of nitrogens with zero attached hydrogens (tertiary/aromatic N) is 4. The molecule has 1 aliphatic rings. The Morgan fingerprint density at radius 2 is 2.35 bits per heavy atom. The van der Waals surface area contributed by atoms with Gasteiger partial charge in [-0.3, -0.25) is 0 Å². The van der Waals surface area contributed by atoms with Crippen LogP contribution < -0.4 is 5.49 Å². The van der Waals surface area contributed by atoms with Gasteiger partial charge >= 0.3 is 6.09 Å². The summed E-state index contributed by atoms with van der Waals surface area (Å²) >= 11 is 0. The average Bonchev–Trinajstić information content (AvgIpc) is 2.95. The molecule has 0 spiro atoms. The molecule has 0 atom stereocenters. The van der Waals surface area contributed by atoms with Gasteiger partial charge in [-0.25, -0.2) is 9.78 Å². The van der Waals surface area contributed by atoms with Crippen LogP contribution in [0.4, 0.5) is 4.79 Å². The first-order chi connectivity index (χ1) is 9.65. The van der Waals surface area contributed by atoms with Gasteiger partial charge in [-0.1, -0.05) is 0 Å². The quantitative estimate of drug-likeness (QED) is 0.776. The van der Waals surface area contributed by atoms with Crippen LogP contribution in [0.5, 0.6) is 0 Å². The SMILES string of the molecule is CCOC(=O)/N=c1\c(C#N)nc(C2OCCO2)cn1C. The lowest BCUT2D eigenvalue weighted by atomic mass is 10.4. The van der Waals surface area contributed by atoms with E-state index in [2.05, 4.69) is 9.98 Å². The van der Waals surface area contributed by atoms with Gasteiger partial charge < -0.3 is 18.8 Å². The molecule has 0 aromatic carbocycles. The molecule has 0 bridgehead atoms. The van der Waals surface area contributed by atoms with Crippen molar-refractivity contribution < 1.29 is 19.0 Å². The number of aromatic nitrogens is 2. The van der Waals surface area contributed by atoms with Crippen LogP contribution in [-0.2, 0) is 21.3 Å². The highest BCUT2D eigenvalue weighted by Gasteiger charge is 2.21. The number of rotatable bonds is 2. The summed E-state index contributed by atoms with van der Waals surface area (Å²) in [5.74, 6) is 0. The van der Waals surface area contributed by atoms with Crippen molar-refractivity contribution >= 4 is 6.09 Å². The molecule has 0 aliphatic carbocycles. The second-order valence-electron chi connectivity index (χ2n) is 3.94. The maximum atomic E-state index is 11.4. The molecule has 1 aromatic rings. The molecule has 2 rings (SSSR count). The highest BCUT2D eigenvalue weighted by molar-refractivity contribution is 5.68. The van der Waals surface area contributed by atoms with Crippen LogP contribution in [0.25, 0.3) is 0 Å². The van der Waals surface area contributed by atoms with E-state index in [1.807, 2.05) is 6.07 Å². The summed E-state index contributed by atoms with van der Waals surface area (Å²) in [5.41, 5.74) is 0.606. The number of aryl methyl sites for hydroxylation is 1. The Morgan fingerprint density at radius 3 is 2.95 bits per heavy atom. The van der Waals surface area contributed by atoms with Gasteiger partial charge in [-0.05, 0) is 6.92 Å². The fourth-order valence-electron chi connectivity index (χ4n) is 1.73. The van der Waals surface area contributed by atoms with E-state index in [4.69, 9.17) is 19.5 Å². The van der Waals surface area contributed by atoms with Crippen LogP contribution in [0.15, 0.2) is 11.2 Å². The number of hydrogen-bond donors (Lipinski definition) is 0. The Bertz CT molecular complexity index is 611. The van der Waals surface area contributed by atoms with Gasteiger partial charge in [0.15, 0.2) is 11.2 Å². The van der Waals surface area contributed by atoms with E-state index in [0.29, 0.717) is 18.9 Å². The van der Waals surface area contributed by atoms with E-state index in [0.717, 1.165) is 0 Å². The van der Waals surface area contributed by atoms with Gasteiger partial charge in [-0.15, -0.1) is 0 Å². The van der Waals surface area contributed by atoms with Crippen molar-refractivity contribution in [3.05, 3.63) is 23.1 Å². The van der Waals surface area contributed by atoms with Gasteiger partial charge in [0.25, 0.3) is 0 Å². The molecular formula is C12H14N4O4.